The van der Waals surface area contributed by atoms with Gasteiger partial charge < -0.3 is 14.8 Å². The maximum Gasteiger partial charge on any atom is 0.408 e. The van der Waals surface area contributed by atoms with Crippen LogP contribution in [0.2, 0.25) is 0 Å². The van der Waals surface area contributed by atoms with Crippen molar-refractivity contribution >= 4 is 22.0 Å². The topological polar surface area (TPSA) is 60.5 Å². The molecule has 1 heterocycles. The van der Waals surface area contributed by atoms with Crippen LogP contribution in [0.1, 0.15) is 46.6 Å². The minimum absolute atomic E-state index is 0.0186. The van der Waals surface area contributed by atoms with Crippen molar-refractivity contribution in [3.05, 3.63) is 22.4 Å². The van der Waals surface area contributed by atoms with Gasteiger partial charge in [0.1, 0.15) is 22.6 Å². The van der Waals surface area contributed by atoms with E-state index in [1.165, 1.54) is 12.3 Å². The Hall–Kier alpha value is -1.44. The molecule has 1 N–H and O–H groups in total. The average molecular weight is 395 g/mol. The third-order valence-electron chi connectivity index (χ3n) is 2.53. The minimum Gasteiger partial charge on any atom is -0.489 e. The third kappa shape index (κ3) is 7.11. The highest BCUT2D eigenvalue weighted by molar-refractivity contribution is 9.10. The van der Waals surface area contributed by atoms with Crippen molar-refractivity contribution in [2.45, 2.75) is 52.2 Å². The number of halogens is 3. The highest BCUT2D eigenvalue weighted by Crippen LogP contribution is 2.30. The van der Waals surface area contributed by atoms with Gasteiger partial charge in [-0.2, -0.15) is 0 Å². The Balaban J connectivity index is 2.71. The van der Waals surface area contributed by atoms with E-state index in [1.54, 1.807) is 34.6 Å². The Labute approximate surface area is 142 Å². The van der Waals surface area contributed by atoms with E-state index in [1.807, 2.05) is 0 Å². The molecule has 0 saturated carbocycles. The molecule has 0 aliphatic carbocycles. The lowest BCUT2D eigenvalue weighted by molar-refractivity contribution is 0.0438. The Morgan fingerprint density at radius 1 is 1.35 bits per heavy atom. The van der Waals surface area contributed by atoms with Crippen LogP contribution in [0, 0.1) is 0 Å². The lowest BCUT2D eigenvalue weighted by Crippen LogP contribution is -2.49. The molecule has 0 bridgehead atoms. The van der Waals surface area contributed by atoms with E-state index < -0.39 is 23.7 Å². The Morgan fingerprint density at radius 3 is 2.48 bits per heavy atom. The normalized spacial score (nSPS) is 12.2. The summed E-state index contributed by atoms with van der Waals surface area (Å²) in [6.45, 7) is 8.63. The molecule has 1 aromatic heterocycles. The molecule has 1 rings (SSSR count). The fraction of sp³-hybridized carbons (Fsp3) is 0.600. The molecule has 0 radical (unpaired) electrons. The number of hydrogen-bond donors (Lipinski definition) is 1. The van der Waals surface area contributed by atoms with Gasteiger partial charge in [0, 0.05) is 0 Å². The van der Waals surface area contributed by atoms with Gasteiger partial charge in [-0.15, -0.1) is 0 Å². The number of ether oxygens (including phenoxy) is 2. The molecule has 1 amide bonds. The van der Waals surface area contributed by atoms with Crippen LogP contribution in [0.15, 0.2) is 16.9 Å². The van der Waals surface area contributed by atoms with Crippen LogP contribution in [0.25, 0.3) is 0 Å². The predicted molar refractivity (Wildman–Crippen MR) is 85.8 cm³/mol. The molecule has 130 valence electrons. The summed E-state index contributed by atoms with van der Waals surface area (Å²) in [5.74, 6) is -0.0257. The van der Waals surface area contributed by atoms with Gasteiger partial charge in [0.05, 0.1) is 17.3 Å². The van der Waals surface area contributed by atoms with E-state index in [-0.39, 0.29) is 17.9 Å². The summed E-state index contributed by atoms with van der Waals surface area (Å²) in [5, 5.41) is 2.64. The van der Waals surface area contributed by atoms with Gasteiger partial charge in [0.15, 0.2) is 0 Å². The number of aromatic nitrogens is 1. The summed E-state index contributed by atoms with van der Waals surface area (Å²) in [5.41, 5.74) is -1.70. The molecule has 0 aliphatic heterocycles. The lowest BCUT2D eigenvalue weighted by Gasteiger charge is -2.28. The molecule has 0 fully saturated rings. The number of pyridine rings is 1. The second-order valence-electron chi connectivity index (χ2n) is 6.64. The predicted octanol–water partition coefficient (Wildman–Crippen LogP) is 4.46. The highest BCUT2D eigenvalue weighted by atomic mass is 79.9. The standard InChI is InChI=1S/C15H21BrF2N2O3/c1-14(2,3)23-13(21)20-15(4,5)8-22-10-7-19-11(16)6-9(10)12(17)18/h6-7,12H,8H2,1-5H3,(H,20,21). The van der Waals surface area contributed by atoms with E-state index >= 15 is 0 Å². The minimum atomic E-state index is -2.69. The van der Waals surface area contributed by atoms with Crippen LogP contribution in [0.3, 0.4) is 0 Å². The number of nitrogens with one attached hydrogen (secondary N) is 1. The van der Waals surface area contributed by atoms with Crippen molar-refractivity contribution in [3.63, 3.8) is 0 Å². The number of rotatable bonds is 5. The maximum absolute atomic E-state index is 13.0. The Kier molecular flexibility index (Phi) is 6.33. The molecule has 0 spiro atoms. The smallest absolute Gasteiger partial charge is 0.408 e. The van der Waals surface area contributed by atoms with Crippen molar-refractivity contribution in [2.75, 3.05) is 6.61 Å². The van der Waals surface area contributed by atoms with E-state index in [0.29, 0.717) is 4.60 Å². The van der Waals surface area contributed by atoms with E-state index in [0.717, 1.165) is 0 Å². The second-order valence-corrected chi connectivity index (χ2v) is 7.46. The number of hydrogen-bond acceptors (Lipinski definition) is 4. The molecule has 0 saturated heterocycles. The van der Waals surface area contributed by atoms with Gasteiger partial charge in [-0.05, 0) is 56.6 Å². The fourth-order valence-corrected chi connectivity index (χ4v) is 1.95. The molecular weight excluding hydrogens is 374 g/mol. The van der Waals surface area contributed by atoms with Gasteiger partial charge >= 0.3 is 6.09 Å². The van der Waals surface area contributed by atoms with Crippen LogP contribution in [-0.4, -0.2) is 28.8 Å². The van der Waals surface area contributed by atoms with Gasteiger partial charge in [-0.1, -0.05) is 0 Å². The number of amides is 1. The molecule has 0 aliphatic rings. The Bertz CT molecular complexity index is 560. The highest BCUT2D eigenvalue weighted by Gasteiger charge is 2.26. The van der Waals surface area contributed by atoms with Gasteiger partial charge in [-0.25, -0.2) is 18.6 Å². The van der Waals surface area contributed by atoms with Crippen molar-refractivity contribution in [1.82, 2.24) is 10.3 Å². The zero-order chi connectivity index (χ0) is 17.8. The number of carbonyl (C=O) groups excluding carboxylic acids is 1. The summed E-state index contributed by atoms with van der Waals surface area (Å²) in [7, 11) is 0. The average Bonchev–Trinajstić information content (AvgIpc) is 2.33. The van der Waals surface area contributed by atoms with E-state index in [2.05, 4.69) is 26.2 Å². The molecule has 0 unspecified atom stereocenters. The molecular formula is C15H21BrF2N2O3. The lowest BCUT2D eigenvalue weighted by atomic mass is 10.1. The van der Waals surface area contributed by atoms with Crippen molar-refractivity contribution in [3.8, 4) is 5.75 Å². The quantitative estimate of drug-likeness (QED) is 0.748. The van der Waals surface area contributed by atoms with Crippen molar-refractivity contribution in [2.24, 2.45) is 0 Å². The molecule has 1 aromatic rings. The van der Waals surface area contributed by atoms with E-state index in [9.17, 15) is 13.6 Å². The van der Waals surface area contributed by atoms with E-state index in [4.69, 9.17) is 9.47 Å². The van der Waals surface area contributed by atoms with Crippen LogP contribution in [-0.2, 0) is 4.74 Å². The van der Waals surface area contributed by atoms with Crippen molar-refractivity contribution in [1.29, 1.82) is 0 Å². The van der Waals surface area contributed by atoms with Crippen LogP contribution < -0.4 is 10.1 Å². The molecule has 8 heteroatoms. The summed E-state index contributed by atoms with van der Waals surface area (Å²) >= 11 is 3.04. The van der Waals surface area contributed by atoms with Crippen LogP contribution >= 0.6 is 15.9 Å². The number of carbonyl (C=O) groups is 1. The third-order valence-corrected chi connectivity index (χ3v) is 2.96. The SMILES string of the molecule is CC(C)(COc1cnc(Br)cc1C(F)F)NC(=O)OC(C)(C)C. The molecule has 0 aromatic carbocycles. The fourth-order valence-electron chi connectivity index (χ4n) is 1.60. The monoisotopic (exact) mass is 394 g/mol. The van der Waals surface area contributed by atoms with Crippen molar-refractivity contribution < 1.29 is 23.0 Å². The summed E-state index contributed by atoms with van der Waals surface area (Å²) in [4.78, 5) is 15.7. The summed E-state index contributed by atoms with van der Waals surface area (Å²) in [6.07, 6.45) is -2.07. The Morgan fingerprint density at radius 2 is 1.96 bits per heavy atom. The summed E-state index contributed by atoms with van der Waals surface area (Å²) in [6, 6.07) is 1.20. The van der Waals surface area contributed by atoms with Gasteiger partial charge in [0.25, 0.3) is 6.43 Å². The maximum atomic E-state index is 13.0. The number of alkyl halides is 2. The van der Waals surface area contributed by atoms with Gasteiger partial charge in [-0.3, -0.25) is 0 Å². The first-order valence-electron chi connectivity index (χ1n) is 6.97. The van der Waals surface area contributed by atoms with Crippen LogP contribution in [0.4, 0.5) is 13.6 Å². The van der Waals surface area contributed by atoms with Crippen LogP contribution in [0.5, 0.6) is 5.75 Å². The number of alkyl carbamates (subject to hydrolysis) is 1. The molecule has 23 heavy (non-hydrogen) atoms. The van der Waals surface area contributed by atoms with Gasteiger partial charge in [0.2, 0.25) is 0 Å². The first kappa shape index (κ1) is 19.6. The number of nitrogens with zero attached hydrogens (tertiary/aromatic N) is 1. The summed E-state index contributed by atoms with van der Waals surface area (Å²) < 4.78 is 36.9. The zero-order valence-electron chi connectivity index (χ0n) is 13.7. The largest absolute Gasteiger partial charge is 0.489 e. The molecule has 5 nitrogen and oxygen atoms in total. The first-order valence-corrected chi connectivity index (χ1v) is 7.76. The second kappa shape index (κ2) is 7.42. The zero-order valence-corrected chi connectivity index (χ0v) is 15.3. The molecule has 0 atom stereocenters. The first-order chi connectivity index (χ1) is 10.4.